The maximum atomic E-state index is 14.4. The van der Waals surface area contributed by atoms with Crippen molar-refractivity contribution >= 4 is 11.6 Å². The van der Waals surface area contributed by atoms with Crippen molar-refractivity contribution < 1.29 is 18.4 Å². The number of aromatic nitrogens is 4. The van der Waals surface area contributed by atoms with E-state index in [9.17, 15) is 9.18 Å². The van der Waals surface area contributed by atoms with Gasteiger partial charge in [-0.1, -0.05) is 24.2 Å². The molecule has 9 heteroatoms. The molecule has 0 unspecified atom stereocenters. The van der Waals surface area contributed by atoms with Crippen LogP contribution in [-0.2, 0) is 15.6 Å². The van der Waals surface area contributed by atoms with E-state index in [4.69, 9.17) is 14.2 Å². The van der Waals surface area contributed by atoms with E-state index < -0.39 is 5.67 Å². The Morgan fingerprint density at radius 1 is 0.976 bits per heavy atom. The van der Waals surface area contributed by atoms with Crippen molar-refractivity contribution in [3.05, 3.63) is 48.4 Å². The van der Waals surface area contributed by atoms with Crippen molar-refractivity contribution in [2.24, 2.45) is 10.8 Å². The van der Waals surface area contributed by atoms with Gasteiger partial charge in [0.25, 0.3) is 0 Å². The molecule has 1 amide bonds. The minimum Gasteiger partial charge on any atom is -0.467 e. The van der Waals surface area contributed by atoms with E-state index in [1.54, 1.807) is 19.5 Å². The van der Waals surface area contributed by atoms with Crippen molar-refractivity contribution in [1.29, 1.82) is 0 Å². The Bertz CT molecular complexity index is 1500. The Morgan fingerprint density at radius 3 is 2.29 bits per heavy atom. The lowest BCUT2D eigenvalue weighted by molar-refractivity contribution is -0.215. The molecule has 0 aliphatic heterocycles. The van der Waals surface area contributed by atoms with Gasteiger partial charge in [-0.05, 0) is 99.2 Å². The molecular weight excluding hydrogens is 533 g/mol. The smallest absolute Gasteiger partial charge is 0.316 e. The third-order valence-electron chi connectivity index (χ3n) is 11.5. The summed E-state index contributed by atoms with van der Waals surface area (Å²) in [6.45, 7) is 2.88. The number of hydrogen-bond donors (Lipinski definition) is 0. The summed E-state index contributed by atoms with van der Waals surface area (Å²) in [6, 6.07) is 8.41. The molecule has 1 aromatic carbocycles. The van der Waals surface area contributed by atoms with Crippen LogP contribution in [0.15, 0.2) is 41.2 Å². The zero-order chi connectivity index (χ0) is 28.8. The van der Waals surface area contributed by atoms with Gasteiger partial charge >= 0.3 is 6.01 Å². The van der Waals surface area contributed by atoms with Crippen LogP contribution in [0.1, 0.15) is 95.7 Å². The van der Waals surface area contributed by atoms with Gasteiger partial charge in [0.15, 0.2) is 5.82 Å². The van der Waals surface area contributed by atoms with Gasteiger partial charge in [-0.15, -0.1) is 0 Å². The van der Waals surface area contributed by atoms with Gasteiger partial charge in [-0.25, -0.2) is 14.4 Å². The van der Waals surface area contributed by atoms with Gasteiger partial charge in [-0.3, -0.25) is 4.79 Å². The largest absolute Gasteiger partial charge is 0.467 e. The first-order valence-corrected chi connectivity index (χ1v) is 15.4. The fourth-order valence-corrected chi connectivity index (χ4v) is 8.47. The van der Waals surface area contributed by atoms with Gasteiger partial charge in [-0.2, -0.15) is 4.98 Å². The molecule has 0 saturated heterocycles. The maximum Gasteiger partial charge on any atom is 0.316 e. The van der Waals surface area contributed by atoms with Crippen LogP contribution in [0.2, 0.25) is 0 Å². The molecule has 8 nitrogen and oxygen atoms in total. The van der Waals surface area contributed by atoms with Crippen LogP contribution in [0.25, 0.3) is 11.1 Å². The van der Waals surface area contributed by atoms with E-state index in [1.807, 2.05) is 23.1 Å². The molecule has 7 fully saturated rings. The number of ether oxygens (including phenoxy) is 1. The molecule has 10 rings (SSSR count). The first kappa shape index (κ1) is 26.3. The van der Waals surface area contributed by atoms with Crippen LogP contribution in [-0.4, -0.2) is 45.3 Å². The zero-order valence-electron chi connectivity index (χ0n) is 24.5. The van der Waals surface area contributed by atoms with Gasteiger partial charge in [0.05, 0.1) is 7.11 Å². The summed E-state index contributed by atoms with van der Waals surface area (Å²) in [7, 11) is 1.55. The van der Waals surface area contributed by atoms with E-state index in [2.05, 4.69) is 28.1 Å². The number of halogens is 1. The lowest BCUT2D eigenvalue weighted by Gasteiger charge is -2.66. The molecule has 4 bridgehead atoms. The van der Waals surface area contributed by atoms with E-state index in [-0.39, 0.29) is 27.6 Å². The molecule has 0 N–H and O–H groups in total. The molecule has 0 atom stereocenters. The predicted molar refractivity (Wildman–Crippen MR) is 154 cm³/mol. The molecular formula is C33H38FN5O3. The van der Waals surface area contributed by atoms with Crippen molar-refractivity contribution in [2.75, 3.05) is 18.6 Å². The average molecular weight is 572 g/mol. The highest BCUT2D eigenvalue weighted by Crippen LogP contribution is 2.71. The lowest BCUT2D eigenvalue weighted by atomic mass is 9.41. The molecule has 220 valence electrons. The monoisotopic (exact) mass is 571 g/mol. The first-order valence-electron chi connectivity index (χ1n) is 15.4. The second-order valence-electron chi connectivity index (χ2n) is 14.6. The summed E-state index contributed by atoms with van der Waals surface area (Å²) in [5.41, 5.74) is 1.64. The number of methoxy groups -OCH3 is 1. The van der Waals surface area contributed by atoms with Gasteiger partial charge in [0.1, 0.15) is 5.67 Å². The number of carbonyl (C=O) groups excluding carboxylic acids is 1. The van der Waals surface area contributed by atoms with Crippen LogP contribution in [0, 0.1) is 10.8 Å². The molecule has 7 aliphatic rings. The Kier molecular flexibility index (Phi) is 5.53. The van der Waals surface area contributed by atoms with Crippen LogP contribution >= 0.6 is 0 Å². The molecule has 42 heavy (non-hydrogen) atoms. The highest BCUT2D eigenvalue weighted by Gasteiger charge is 2.69. The number of amides is 1. The summed E-state index contributed by atoms with van der Waals surface area (Å²) < 4.78 is 25.2. The molecule has 3 aromatic rings. The SMILES string of the molecule is COc1ncc(-c2cccc(N(CC34CCC(c5noc(C6(C)CC6)n5)(CC3)CC4)C(=O)CC34CC(F)(C3)C4)c2)cn1. The average Bonchev–Trinajstić information content (AvgIpc) is 3.52. The zero-order valence-corrected chi connectivity index (χ0v) is 24.5. The van der Waals surface area contributed by atoms with Gasteiger partial charge in [0, 0.05) is 47.4 Å². The Morgan fingerprint density at radius 2 is 1.67 bits per heavy atom. The number of nitrogens with zero attached hydrogens (tertiary/aromatic N) is 5. The summed E-state index contributed by atoms with van der Waals surface area (Å²) in [4.78, 5) is 29.5. The standard InChI is InChI=1S/C33H38FN5O3/c1-29(6-7-29)27-37-26(38-42-27)32-11-8-30(9-12-32,10-13-32)21-39(25(40)15-31-18-33(34,19-31)20-31)24-5-3-4-22(14-24)23-16-35-28(41-2)36-17-23/h3-5,14,16-17H,6-13,15,18-21H2,1-2H3. The fraction of sp³-hybridized carbons (Fsp3) is 0.606. The minimum atomic E-state index is -1.01. The van der Waals surface area contributed by atoms with Crippen molar-refractivity contribution in [3.63, 3.8) is 0 Å². The molecule has 2 heterocycles. The normalized spacial score (nSPS) is 33.4. The first-order chi connectivity index (χ1) is 20.1. The van der Waals surface area contributed by atoms with E-state index in [0.717, 1.165) is 79.9 Å². The van der Waals surface area contributed by atoms with Crippen LogP contribution in [0.5, 0.6) is 6.01 Å². The minimum absolute atomic E-state index is 0.0147. The van der Waals surface area contributed by atoms with E-state index in [0.29, 0.717) is 38.2 Å². The molecule has 7 aliphatic carbocycles. The van der Waals surface area contributed by atoms with Crippen LogP contribution in [0.3, 0.4) is 0 Å². The van der Waals surface area contributed by atoms with E-state index >= 15 is 0 Å². The van der Waals surface area contributed by atoms with Crippen LogP contribution in [0.4, 0.5) is 10.1 Å². The number of benzene rings is 1. The highest BCUT2D eigenvalue weighted by atomic mass is 19.1. The second-order valence-corrected chi connectivity index (χ2v) is 14.6. The topological polar surface area (TPSA) is 94.2 Å². The van der Waals surface area contributed by atoms with Crippen molar-refractivity contribution in [3.8, 4) is 17.1 Å². The Labute approximate surface area is 245 Å². The molecule has 0 spiro atoms. The quantitative estimate of drug-likeness (QED) is 0.290. The van der Waals surface area contributed by atoms with E-state index in [1.165, 1.54) is 0 Å². The third-order valence-corrected chi connectivity index (χ3v) is 11.5. The third kappa shape index (κ3) is 4.17. The highest BCUT2D eigenvalue weighted by molar-refractivity contribution is 5.95. The second kappa shape index (κ2) is 8.83. The molecule has 0 radical (unpaired) electrons. The lowest BCUT2D eigenvalue weighted by Crippen LogP contribution is -2.65. The Hall–Kier alpha value is -3.36. The van der Waals surface area contributed by atoms with Gasteiger partial charge < -0.3 is 14.2 Å². The molecule has 7 saturated carbocycles. The number of carbonyl (C=O) groups is 1. The number of hydrogen-bond acceptors (Lipinski definition) is 7. The summed E-state index contributed by atoms with van der Waals surface area (Å²) >= 11 is 0. The molecule has 2 aromatic heterocycles. The predicted octanol–water partition coefficient (Wildman–Crippen LogP) is 6.49. The fourth-order valence-electron chi connectivity index (χ4n) is 8.47. The number of alkyl halides is 1. The van der Waals surface area contributed by atoms with Crippen molar-refractivity contribution in [2.45, 2.75) is 100 Å². The summed E-state index contributed by atoms with van der Waals surface area (Å²) in [5, 5.41) is 4.49. The Balaban J connectivity index is 1.05. The number of rotatable bonds is 9. The van der Waals surface area contributed by atoms with Crippen molar-refractivity contribution in [1.82, 2.24) is 20.1 Å². The van der Waals surface area contributed by atoms with Gasteiger partial charge in [0.2, 0.25) is 11.8 Å². The number of anilines is 1. The van der Waals surface area contributed by atoms with Crippen LogP contribution < -0.4 is 9.64 Å². The summed E-state index contributed by atoms with van der Waals surface area (Å²) in [6.07, 6.45) is 13.9. The maximum absolute atomic E-state index is 14.4. The summed E-state index contributed by atoms with van der Waals surface area (Å²) in [5.74, 6) is 1.80. The number of fused-ring (bicyclic) bond motifs is 3.